The third-order valence-corrected chi connectivity index (χ3v) is 16.1. The van der Waals surface area contributed by atoms with Gasteiger partial charge in [0.05, 0.1) is 5.69 Å². The predicted molar refractivity (Wildman–Crippen MR) is 274 cm³/mol. The quantitative estimate of drug-likeness (QED) is 0.164. The summed E-state index contributed by atoms with van der Waals surface area (Å²) in [5.41, 5.74) is 16.0. The van der Waals surface area contributed by atoms with Crippen LogP contribution in [0.5, 0.6) is 23.0 Å². The average molecular weight is 887 g/mol. The second kappa shape index (κ2) is 13.7. The maximum atomic E-state index is 6.14. The van der Waals surface area contributed by atoms with Gasteiger partial charge in [-0.3, -0.25) is 0 Å². The van der Waals surface area contributed by atoms with Crippen molar-refractivity contribution in [2.45, 2.75) is 6.92 Å². The fourth-order valence-electron chi connectivity index (χ4n) is 10.9. The molecule has 0 saturated heterocycles. The van der Waals surface area contributed by atoms with Crippen LogP contribution >= 0.6 is 22.7 Å². The van der Waals surface area contributed by atoms with E-state index in [1.165, 1.54) is 73.5 Å². The van der Waals surface area contributed by atoms with E-state index in [1.807, 2.05) is 28.7 Å². The lowest BCUT2D eigenvalue weighted by Crippen LogP contribution is -2.61. The van der Waals surface area contributed by atoms with E-state index in [1.54, 1.807) is 0 Å². The van der Waals surface area contributed by atoms with E-state index in [2.05, 4.69) is 181 Å². The molecule has 6 nitrogen and oxygen atoms in total. The number of thiophene rings is 2. The van der Waals surface area contributed by atoms with Crippen molar-refractivity contribution >= 4 is 120 Å². The minimum atomic E-state index is -0.103. The number of ether oxygens (including phenoxy) is 4. The Balaban J connectivity index is 0.969. The Morgan fingerprint density at radius 3 is 1.64 bits per heavy atom. The van der Waals surface area contributed by atoms with Crippen LogP contribution in [0.4, 0.5) is 34.1 Å². The number of hydrogen-bond acceptors (Lipinski definition) is 8. The Hall–Kier alpha value is -7.72. The van der Waals surface area contributed by atoms with Gasteiger partial charge in [-0.25, -0.2) is 0 Å². The predicted octanol–water partition coefficient (Wildman–Crippen LogP) is 13.6. The summed E-state index contributed by atoms with van der Waals surface area (Å²) >= 11 is 3.72. The first-order valence-electron chi connectivity index (χ1n) is 22.2. The summed E-state index contributed by atoms with van der Waals surface area (Å²) in [5.74, 6) is 2.99. The molecule has 0 saturated carbocycles. The van der Waals surface area contributed by atoms with Crippen molar-refractivity contribution in [3.8, 4) is 45.3 Å². The topological polar surface area (TPSA) is 43.4 Å². The molecule has 4 aliphatic rings. The Labute approximate surface area is 388 Å². The molecule has 0 unspecified atom stereocenters. The molecule has 0 fully saturated rings. The average Bonchev–Trinajstić information content (AvgIpc) is 4.17. The molecule has 0 bridgehead atoms. The van der Waals surface area contributed by atoms with Gasteiger partial charge < -0.3 is 28.7 Å². The first-order valence-corrected chi connectivity index (χ1v) is 23.9. The van der Waals surface area contributed by atoms with Gasteiger partial charge in [0.15, 0.2) is 23.0 Å². The lowest BCUT2D eigenvalue weighted by atomic mass is 9.33. The second-order valence-electron chi connectivity index (χ2n) is 17.6. The zero-order valence-corrected chi connectivity index (χ0v) is 37.1. The Morgan fingerprint density at radius 2 is 0.939 bits per heavy atom. The van der Waals surface area contributed by atoms with Crippen LogP contribution in [0, 0.1) is 6.92 Å². The van der Waals surface area contributed by atoms with E-state index in [9.17, 15) is 0 Å². The van der Waals surface area contributed by atoms with Crippen molar-refractivity contribution in [3.63, 3.8) is 0 Å². The maximum absolute atomic E-state index is 6.14. The molecule has 6 heterocycles. The summed E-state index contributed by atoms with van der Waals surface area (Å²) in [7, 11) is 0. The number of anilines is 6. The Kier molecular flexibility index (Phi) is 7.57. The molecule has 2 aromatic heterocycles. The van der Waals surface area contributed by atoms with Crippen molar-refractivity contribution in [2.75, 3.05) is 23.4 Å². The van der Waals surface area contributed by atoms with Crippen LogP contribution in [-0.4, -0.2) is 20.3 Å². The number of nitrogens with zero attached hydrogens (tertiary/aromatic N) is 2. The highest BCUT2D eigenvalue weighted by Crippen LogP contribution is 2.50. The second-order valence-corrected chi connectivity index (χ2v) is 19.7. The smallest absolute Gasteiger partial charge is 0.252 e. The summed E-state index contributed by atoms with van der Waals surface area (Å²) in [6.07, 6.45) is 0. The third-order valence-electron chi connectivity index (χ3n) is 13.9. The van der Waals surface area contributed by atoms with Crippen molar-refractivity contribution in [2.24, 2.45) is 0 Å². The normalized spacial score (nSPS) is 14.1. The molecule has 0 aliphatic carbocycles. The highest BCUT2D eigenvalue weighted by Gasteiger charge is 2.45. The molecule has 0 atom stereocenters. The fourth-order valence-corrected chi connectivity index (χ4v) is 13.2. The van der Waals surface area contributed by atoms with E-state index in [0.29, 0.717) is 0 Å². The molecule has 0 N–H and O–H groups in total. The van der Waals surface area contributed by atoms with Crippen LogP contribution in [0.2, 0.25) is 0 Å². The summed E-state index contributed by atoms with van der Waals surface area (Å²) in [6, 6.07) is 62.8. The van der Waals surface area contributed by atoms with Crippen LogP contribution in [0.15, 0.2) is 170 Å². The van der Waals surface area contributed by atoms with E-state index in [-0.39, 0.29) is 20.3 Å². The molecule has 0 amide bonds. The number of fused-ring (bicyclic) bond motifs is 12. The lowest BCUT2D eigenvalue weighted by Gasteiger charge is -2.44. The van der Waals surface area contributed by atoms with Gasteiger partial charge in [-0.1, -0.05) is 84.9 Å². The summed E-state index contributed by atoms with van der Waals surface area (Å²) in [6.45, 7) is 2.50. The summed E-state index contributed by atoms with van der Waals surface area (Å²) in [4.78, 5) is 4.88. The first kappa shape index (κ1) is 36.6. The number of rotatable bonds is 4. The summed E-state index contributed by atoms with van der Waals surface area (Å²) in [5, 5.41) is 5.21. The SMILES string of the molecule is Cc1cc2c3c(c1)N(c1ccc4c(c1)OCO4)c1cc4c(cc1B3c1ccc(-c3ccc5c(c3)sc3ccccc35)cc1N2c1cccc(-c2ccc3c(c2)sc2ccccc23)c1)OCO4. The molecular weight excluding hydrogens is 852 g/mol. The highest BCUT2D eigenvalue weighted by molar-refractivity contribution is 7.26. The van der Waals surface area contributed by atoms with Gasteiger partial charge >= 0.3 is 0 Å². The van der Waals surface area contributed by atoms with Gasteiger partial charge in [0.1, 0.15) is 0 Å². The van der Waals surface area contributed by atoms with Crippen LogP contribution < -0.4 is 45.1 Å². The zero-order valence-electron chi connectivity index (χ0n) is 35.5. The van der Waals surface area contributed by atoms with Gasteiger partial charge in [-0.15, -0.1) is 22.7 Å². The Morgan fingerprint density at radius 1 is 0.394 bits per heavy atom. The molecule has 0 radical (unpaired) electrons. The minimum Gasteiger partial charge on any atom is -0.454 e. The number of hydrogen-bond donors (Lipinski definition) is 0. The standard InChI is InChI=1S/C57H35BN2O4S2/c1-32-21-47-57-48(22-32)60(38-16-20-49-50(27-38)62-30-61-49)46-29-52-51(63-31-64-52)28-44(46)58(57)43-19-15-34(36-14-18-42-40-10-3-5-12-54(40)66-56(42)26-36)24-45(43)59(47)37-8-6-7-33(23-37)35-13-17-41-39-9-2-4-11-53(39)65-55(41)25-35/h2-29H,30-31H2,1H3. The van der Waals surface area contributed by atoms with E-state index >= 15 is 0 Å². The van der Waals surface area contributed by atoms with Crippen LogP contribution in [0.1, 0.15) is 5.56 Å². The van der Waals surface area contributed by atoms with Crippen LogP contribution in [0.3, 0.4) is 0 Å². The van der Waals surface area contributed by atoms with Crippen molar-refractivity contribution in [1.82, 2.24) is 0 Å². The maximum Gasteiger partial charge on any atom is 0.252 e. The molecule has 4 aliphatic heterocycles. The van der Waals surface area contributed by atoms with Gasteiger partial charge in [0, 0.05) is 80.9 Å². The van der Waals surface area contributed by atoms with Crippen LogP contribution in [0.25, 0.3) is 62.6 Å². The summed E-state index contributed by atoms with van der Waals surface area (Å²) < 4.78 is 29.2. The molecule has 312 valence electrons. The fraction of sp³-hybridized carbons (Fsp3) is 0.0526. The van der Waals surface area contributed by atoms with Gasteiger partial charge in [0.2, 0.25) is 13.6 Å². The molecule has 9 heteroatoms. The molecule has 66 heavy (non-hydrogen) atoms. The van der Waals surface area contributed by atoms with Gasteiger partial charge in [0.25, 0.3) is 6.71 Å². The Bertz CT molecular complexity index is 3910. The van der Waals surface area contributed by atoms with Crippen molar-refractivity contribution < 1.29 is 18.9 Å². The minimum absolute atomic E-state index is 0.103. The van der Waals surface area contributed by atoms with Gasteiger partial charge in [-0.2, -0.15) is 0 Å². The third kappa shape index (κ3) is 5.29. The molecular formula is C57H35BN2O4S2. The zero-order chi connectivity index (χ0) is 43.2. The van der Waals surface area contributed by atoms with E-state index < -0.39 is 0 Å². The molecule has 0 spiro atoms. The largest absolute Gasteiger partial charge is 0.454 e. The van der Waals surface area contributed by atoms with E-state index in [4.69, 9.17) is 18.9 Å². The molecule has 15 rings (SSSR count). The van der Waals surface area contributed by atoms with E-state index in [0.717, 1.165) is 68.1 Å². The molecule has 9 aromatic carbocycles. The van der Waals surface area contributed by atoms with Gasteiger partial charge in [-0.05, 0) is 124 Å². The van der Waals surface area contributed by atoms with Crippen LogP contribution in [-0.2, 0) is 0 Å². The van der Waals surface area contributed by atoms with Crippen molar-refractivity contribution in [1.29, 1.82) is 0 Å². The number of aryl methyl sites for hydroxylation is 1. The number of benzene rings is 9. The first-order chi connectivity index (χ1) is 32.6. The van der Waals surface area contributed by atoms with Crippen molar-refractivity contribution in [3.05, 3.63) is 175 Å². The molecule has 11 aromatic rings. The lowest BCUT2D eigenvalue weighted by molar-refractivity contribution is 0.173. The highest BCUT2D eigenvalue weighted by atomic mass is 32.1. The monoisotopic (exact) mass is 886 g/mol.